The van der Waals surface area contributed by atoms with Crippen LogP contribution in [0.3, 0.4) is 0 Å². The number of thioether (sulfide) groups is 1. The van der Waals surface area contributed by atoms with Crippen molar-refractivity contribution in [3.8, 4) is 5.69 Å². The summed E-state index contributed by atoms with van der Waals surface area (Å²) >= 11 is 1.39. The number of allylic oxidation sites excluding steroid dienone is 4. The molecule has 2 aromatic heterocycles. The molecule has 0 saturated heterocycles. The number of nitrogens with zero attached hydrogens (tertiary/aromatic N) is 3. The second-order valence-electron chi connectivity index (χ2n) is 8.48. The lowest BCUT2D eigenvalue weighted by atomic mass is 10.0. The van der Waals surface area contributed by atoms with Gasteiger partial charge in [-0.05, 0) is 56.9 Å². The van der Waals surface area contributed by atoms with Crippen molar-refractivity contribution in [2.24, 2.45) is 0 Å². The van der Waals surface area contributed by atoms with Gasteiger partial charge in [0.05, 0.1) is 5.69 Å². The van der Waals surface area contributed by atoms with Gasteiger partial charge >= 0.3 is 6.09 Å². The number of amides is 1. The minimum Gasteiger partial charge on any atom is -0.444 e. The van der Waals surface area contributed by atoms with Gasteiger partial charge in [-0.25, -0.2) is 14.8 Å². The Labute approximate surface area is 203 Å². The number of hydrogen-bond donors (Lipinski definition) is 1. The molecule has 176 valence electrons. The molecule has 0 aliphatic carbocycles. The zero-order valence-corrected chi connectivity index (χ0v) is 20.6. The van der Waals surface area contributed by atoms with Gasteiger partial charge in [-0.2, -0.15) is 0 Å². The van der Waals surface area contributed by atoms with Gasteiger partial charge in [0.1, 0.15) is 5.60 Å². The van der Waals surface area contributed by atoms with Crippen molar-refractivity contribution in [1.82, 2.24) is 14.5 Å². The number of fused-ring (bicyclic) bond motifs is 1. The van der Waals surface area contributed by atoms with Crippen molar-refractivity contribution in [1.29, 1.82) is 0 Å². The number of aromatic nitrogens is 3. The fourth-order valence-electron chi connectivity index (χ4n) is 3.32. The summed E-state index contributed by atoms with van der Waals surface area (Å²) in [6, 6.07) is 8.80. The van der Waals surface area contributed by atoms with Crippen LogP contribution in [-0.2, 0) is 11.2 Å². The Morgan fingerprint density at radius 1 is 1.26 bits per heavy atom. The maximum Gasteiger partial charge on any atom is 0.412 e. The van der Waals surface area contributed by atoms with Crippen LogP contribution in [-0.4, -0.2) is 32.5 Å². The van der Waals surface area contributed by atoms with E-state index in [1.54, 1.807) is 68.0 Å². The van der Waals surface area contributed by atoms with Crippen molar-refractivity contribution in [3.63, 3.8) is 0 Å². The molecule has 0 radical (unpaired) electrons. The minimum absolute atomic E-state index is 0.218. The largest absolute Gasteiger partial charge is 0.444 e. The molecule has 34 heavy (non-hydrogen) atoms. The van der Waals surface area contributed by atoms with Crippen LogP contribution in [0.1, 0.15) is 26.3 Å². The van der Waals surface area contributed by atoms with Crippen molar-refractivity contribution in [2.45, 2.75) is 37.9 Å². The van der Waals surface area contributed by atoms with Crippen molar-refractivity contribution >= 4 is 34.6 Å². The standard InChI is InChI=1S/C26H28N4O3S/c1-7-10-17(8-2)13-18-14-19-16-27-24(34-6)29-22(19)30(23(18)31)21-12-9-11-20(15-21)28-25(32)33-26(3,4)5/h7-12,14-16H,1-2,13H2,3-6H3,(H,28,32)/b17-10+. The van der Waals surface area contributed by atoms with Gasteiger partial charge in [-0.3, -0.25) is 14.7 Å². The van der Waals surface area contributed by atoms with E-state index in [2.05, 4.69) is 28.4 Å². The van der Waals surface area contributed by atoms with Crippen molar-refractivity contribution < 1.29 is 9.53 Å². The first-order valence-corrected chi connectivity index (χ1v) is 11.9. The highest BCUT2D eigenvalue weighted by Crippen LogP contribution is 2.22. The molecular weight excluding hydrogens is 448 g/mol. The van der Waals surface area contributed by atoms with Gasteiger partial charge in [0.15, 0.2) is 10.8 Å². The van der Waals surface area contributed by atoms with Crippen LogP contribution < -0.4 is 10.9 Å². The highest BCUT2D eigenvalue weighted by molar-refractivity contribution is 7.98. The number of carbonyl (C=O) groups excluding carboxylic acids is 1. The summed E-state index contributed by atoms with van der Waals surface area (Å²) < 4.78 is 6.89. The van der Waals surface area contributed by atoms with Crippen LogP contribution in [0, 0.1) is 0 Å². The summed E-state index contributed by atoms with van der Waals surface area (Å²) in [7, 11) is 0. The summed E-state index contributed by atoms with van der Waals surface area (Å²) in [6.45, 7) is 12.9. The lowest BCUT2D eigenvalue weighted by Gasteiger charge is -2.20. The molecule has 7 nitrogen and oxygen atoms in total. The zero-order chi connectivity index (χ0) is 24.9. The highest BCUT2D eigenvalue weighted by Gasteiger charge is 2.18. The molecule has 0 spiro atoms. The Kier molecular flexibility index (Phi) is 7.73. The van der Waals surface area contributed by atoms with Gasteiger partial charge in [-0.1, -0.05) is 49.2 Å². The average molecular weight is 477 g/mol. The Balaban J connectivity index is 2.17. The monoisotopic (exact) mass is 476 g/mol. The molecule has 0 saturated carbocycles. The molecule has 1 aromatic carbocycles. The molecule has 0 aliphatic heterocycles. The normalized spacial score (nSPS) is 11.8. The summed E-state index contributed by atoms with van der Waals surface area (Å²) in [5.74, 6) is 0. The summed E-state index contributed by atoms with van der Waals surface area (Å²) in [6.07, 6.45) is 8.57. The molecule has 0 fully saturated rings. The lowest BCUT2D eigenvalue weighted by Crippen LogP contribution is -2.27. The van der Waals surface area contributed by atoms with E-state index < -0.39 is 11.7 Å². The Morgan fingerprint density at radius 3 is 2.68 bits per heavy atom. The van der Waals surface area contributed by atoms with Crippen molar-refractivity contribution in [2.75, 3.05) is 11.6 Å². The van der Waals surface area contributed by atoms with Crippen LogP contribution in [0.5, 0.6) is 0 Å². The lowest BCUT2D eigenvalue weighted by molar-refractivity contribution is 0.0636. The predicted octanol–water partition coefficient (Wildman–Crippen LogP) is 5.69. The van der Waals surface area contributed by atoms with E-state index >= 15 is 0 Å². The van der Waals surface area contributed by atoms with Gasteiger partial charge in [0.2, 0.25) is 0 Å². The zero-order valence-electron chi connectivity index (χ0n) is 19.8. The number of benzene rings is 1. The second-order valence-corrected chi connectivity index (χ2v) is 9.25. The van der Waals surface area contributed by atoms with Crippen LogP contribution in [0.2, 0.25) is 0 Å². The van der Waals surface area contributed by atoms with E-state index in [4.69, 9.17) is 4.74 Å². The second kappa shape index (κ2) is 10.5. The van der Waals surface area contributed by atoms with Crippen LogP contribution in [0.15, 0.2) is 83.4 Å². The van der Waals surface area contributed by atoms with Crippen LogP contribution >= 0.6 is 11.8 Å². The molecule has 3 rings (SSSR count). The molecular formula is C26H28N4O3S. The SMILES string of the molecule is C=C/C=C(\C=C)Cc1cc2cnc(SC)nc2n(-c2cccc(NC(=O)OC(C)(C)C)c2)c1=O. The Bertz CT molecular complexity index is 1340. The molecule has 3 aromatic rings. The Hall–Kier alpha value is -3.65. The van der Waals surface area contributed by atoms with Gasteiger partial charge in [-0.15, -0.1) is 0 Å². The van der Waals surface area contributed by atoms with Gasteiger partial charge in [0.25, 0.3) is 5.56 Å². The highest BCUT2D eigenvalue weighted by atomic mass is 32.2. The molecule has 0 unspecified atom stereocenters. The minimum atomic E-state index is -0.629. The third-order valence-corrected chi connectivity index (χ3v) is 5.28. The van der Waals surface area contributed by atoms with Gasteiger partial charge < -0.3 is 4.74 Å². The summed E-state index contributed by atoms with van der Waals surface area (Å²) in [4.78, 5) is 34.9. The number of anilines is 1. The third-order valence-electron chi connectivity index (χ3n) is 4.71. The smallest absolute Gasteiger partial charge is 0.412 e. The number of hydrogen-bond acceptors (Lipinski definition) is 6. The summed E-state index contributed by atoms with van der Waals surface area (Å²) in [5.41, 5.74) is 2.11. The molecule has 1 N–H and O–H groups in total. The molecule has 1 amide bonds. The van der Waals surface area contributed by atoms with E-state index in [-0.39, 0.29) is 5.56 Å². The fraction of sp³-hybridized carbons (Fsp3) is 0.231. The van der Waals surface area contributed by atoms with Crippen molar-refractivity contribution in [3.05, 3.63) is 89.4 Å². The first-order chi connectivity index (χ1) is 16.1. The topological polar surface area (TPSA) is 86.1 Å². The number of nitrogens with one attached hydrogen (secondary N) is 1. The maximum absolute atomic E-state index is 13.7. The number of ether oxygens (including phenoxy) is 1. The maximum atomic E-state index is 13.7. The molecule has 8 heteroatoms. The van der Waals surface area contributed by atoms with E-state index in [1.165, 1.54) is 11.8 Å². The van der Waals surface area contributed by atoms with E-state index in [1.807, 2.05) is 18.4 Å². The van der Waals surface area contributed by atoms with E-state index in [9.17, 15) is 9.59 Å². The molecule has 2 heterocycles. The summed E-state index contributed by atoms with van der Waals surface area (Å²) in [5, 5.41) is 4.00. The Morgan fingerprint density at radius 2 is 2.03 bits per heavy atom. The third kappa shape index (κ3) is 6.02. The number of pyridine rings is 1. The quantitative estimate of drug-likeness (QED) is 0.268. The average Bonchev–Trinajstić information content (AvgIpc) is 2.77. The fourth-order valence-corrected chi connectivity index (χ4v) is 3.65. The molecule has 0 atom stereocenters. The molecule has 0 bridgehead atoms. The predicted molar refractivity (Wildman–Crippen MR) is 139 cm³/mol. The van der Waals surface area contributed by atoms with E-state index in [0.29, 0.717) is 34.2 Å². The van der Waals surface area contributed by atoms with Crippen LogP contribution in [0.25, 0.3) is 16.7 Å². The number of carbonyl (C=O) groups is 1. The molecule has 0 aliphatic rings. The number of rotatable bonds is 7. The van der Waals surface area contributed by atoms with Crippen LogP contribution in [0.4, 0.5) is 10.5 Å². The first kappa shape index (κ1) is 25.0. The van der Waals surface area contributed by atoms with Gasteiger partial charge in [0, 0.05) is 29.3 Å². The first-order valence-electron chi connectivity index (χ1n) is 10.7. The van der Waals surface area contributed by atoms with E-state index in [0.717, 1.165) is 11.0 Å².